The number of hydrogen-bond donors (Lipinski definition) is 1. The Morgan fingerprint density at radius 1 is 1.35 bits per heavy atom. The summed E-state index contributed by atoms with van der Waals surface area (Å²) in [6.07, 6.45) is 9.30. The van der Waals surface area contributed by atoms with Gasteiger partial charge < -0.3 is 5.32 Å². The summed E-state index contributed by atoms with van der Waals surface area (Å²) < 4.78 is 0. The molecule has 1 aliphatic rings. The van der Waals surface area contributed by atoms with Gasteiger partial charge in [-0.3, -0.25) is 0 Å². The molecule has 1 nitrogen and oxygen atoms in total. The van der Waals surface area contributed by atoms with E-state index in [1.807, 2.05) is 0 Å². The van der Waals surface area contributed by atoms with Crippen molar-refractivity contribution in [2.24, 2.45) is 0 Å². The maximum absolute atomic E-state index is 4.15. The predicted molar refractivity (Wildman–Crippen MR) is 80.8 cm³/mol. The average Bonchev–Trinajstić information content (AvgIpc) is 2.85. The van der Waals surface area contributed by atoms with E-state index in [1.165, 1.54) is 43.4 Å². The van der Waals surface area contributed by atoms with E-state index < -0.39 is 0 Å². The average molecular weight is 255 g/mol. The maximum Gasteiger partial charge on any atom is 0.0195 e. The van der Waals surface area contributed by atoms with Gasteiger partial charge in [0, 0.05) is 17.0 Å². The smallest absolute Gasteiger partial charge is 0.0195 e. The Morgan fingerprint density at radius 3 is 2.65 bits per heavy atom. The number of thioether (sulfide) groups is 1. The standard InChI is InChI=1S/C15H29NS/c1-4-10-16-14(11-13(3)5-2)12-17-15-8-6-7-9-15/h14-16H,3-12H2,1-2H3. The molecule has 2 heteroatoms. The van der Waals surface area contributed by atoms with Gasteiger partial charge >= 0.3 is 0 Å². The van der Waals surface area contributed by atoms with Crippen LogP contribution in [-0.4, -0.2) is 23.6 Å². The fourth-order valence-corrected chi connectivity index (χ4v) is 3.75. The molecule has 0 aromatic rings. The van der Waals surface area contributed by atoms with Crippen molar-refractivity contribution in [3.05, 3.63) is 12.2 Å². The van der Waals surface area contributed by atoms with E-state index in [-0.39, 0.29) is 0 Å². The van der Waals surface area contributed by atoms with Crippen molar-refractivity contribution in [1.82, 2.24) is 5.32 Å². The molecule has 1 saturated carbocycles. The molecule has 0 aliphatic heterocycles. The molecule has 0 aromatic heterocycles. The molecule has 100 valence electrons. The van der Waals surface area contributed by atoms with Crippen LogP contribution in [-0.2, 0) is 0 Å². The Bertz CT molecular complexity index is 209. The molecule has 1 rings (SSSR count). The van der Waals surface area contributed by atoms with Crippen molar-refractivity contribution >= 4 is 11.8 Å². The summed E-state index contributed by atoms with van der Waals surface area (Å²) in [4.78, 5) is 0. The van der Waals surface area contributed by atoms with E-state index in [1.54, 1.807) is 0 Å². The molecular weight excluding hydrogens is 226 g/mol. The maximum atomic E-state index is 4.15. The summed E-state index contributed by atoms with van der Waals surface area (Å²) in [5, 5.41) is 4.62. The van der Waals surface area contributed by atoms with Gasteiger partial charge in [-0.25, -0.2) is 0 Å². The summed E-state index contributed by atoms with van der Waals surface area (Å²) in [6, 6.07) is 0.646. The fraction of sp³-hybridized carbons (Fsp3) is 0.867. The molecule has 1 aliphatic carbocycles. The topological polar surface area (TPSA) is 12.0 Å². The lowest BCUT2D eigenvalue weighted by Crippen LogP contribution is -2.32. The van der Waals surface area contributed by atoms with Crippen molar-refractivity contribution in [3.63, 3.8) is 0 Å². The molecule has 0 amide bonds. The summed E-state index contributed by atoms with van der Waals surface area (Å²) in [7, 11) is 0. The van der Waals surface area contributed by atoms with Crippen LogP contribution in [0.15, 0.2) is 12.2 Å². The Balaban J connectivity index is 2.25. The Hall–Kier alpha value is 0.0500. The van der Waals surface area contributed by atoms with E-state index in [0.717, 1.165) is 24.6 Å². The van der Waals surface area contributed by atoms with Crippen LogP contribution < -0.4 is 5.32 Å². The Labute approximate surface area is 112 Å². The van der Waals surface area contributed by atoms with Gasteiger partial charge in [0.2, 0.25) is 0 Å². The number of rotatable bonds is 9. The third-order valence-corrected chi connectivity index (χ3v) is 5.09. The van der Waals surface area contributed by atoms with Gasteiger partial charge in [0.05, 0.1) is 0 Å². The molecule has 17 heavy (non-hydrogen) atoms. The van der Waals surface area contributed by atoms with Crippen molar-refractivity contribution in [2.75, 3.05) is 12.3 Å². The van der Waals surface area contributed by atoms with E-state index in [2.05, 4.69) is 37.5 Å². The summed E-state index contributed by atoms with van der Waals surface area (Å²) in [5.41, 5.74) is 1.39. The second kappa shape index (κ2) is 9.04. The summed E-state index contributed by atoms with van der Waals surface area (Å²) in [5.74, 6) is 1.27. The highest BCUT2D eigenvalue weighted by Gasteiger charge is 2.17. The molecule has 1 atom stereocenters. The lowest BCUT2D eigenvalue weighted by molar-refractivity contribution is 0.543. The van der Waals surface area contributed by atoms with Crippen molar-refractivity contribution < 1.29 is 0 Å². The molecule has 0 bridgehead atoms. The lowest BCUT2D eigenvalue weighted by atomic mass is 10.1. The summed E-state index contributed by atoms with van der Waals surface area (Å²) >= 11 is 2.19. The van der Waals surface area contributed by atoms with E-state index >= 15 is 0 Å². The van der Waals surface area contributed by atoms with Crippen LogP contribution in [0, 0.1) is 0 Å². The van der Waals surface area contributed by atoms with Gasteiger partial charge in [0.25, 0.3) is 0 Å². The SMILES string of the molecule is C=C(CC)CC(CSC1CCCC1)NCCC. The molecule has 1 N–H and O–H groups in total. The highest BCUT2D eigenvalue weighted by molar-refractivity contribution is 7.99. The molecule has 0 saturated heterocycles. The first-order valence-corrected chi connectivity index (χ1v) is 8.32. The van der Waals surface area contributed by atoms with Crippen LogP contribution in [0.1, 0.15) is 58.8 Å². The van der Waals surface area contributed by atoms with Crippen LogP contribution in [0.25, 0.3) is 0 Å². The first kappa shape index (κ1) is 15.1. The Morgan fingerprint density at radius 2 is 2.06 bits per heavy atom. The first-order chi connectivity index (χ1) is 8.26. The fourth-order valence-electron chi connectivity index (χ4n) is 2.34. The minimum atomic E-state index is 0.646. The second-order valence-electron chi connectivity index (χ2n) is 5.20. The number of nitrogens with one attached hydrogen (secondary N) is 1. The number of hydrogen-bond acceptors (Lipinski definition) is 2. The first-order valence-electron chi connectivity index (χ1n) is 7.27. The van der Waals surface area contributed by atoms with Crippen molar-refractivity contribution in [3.8, 4) is 0 Å². The van der Waals surface area contributed by atoms with Gasteiger partial charge in [-0.1, -0.05) is 38.8 Å². The van der Waals surface area contributed by atoms with Gasteiger partial charge in [0.1, 0.15) is 0 Å². The highest BCUT2D eigenvalue weighted by atomic mass is 32.2. The third-order valence-electron chi connectivity index (χ3n) is 3.55. The van der Waals surface area contributed by atoms with Crippen molar-refractivity contribution in [1.29, 1.82) is 0 Å². The van der Waals surface area contributed by atoms with Crippen LogP contribution in [0.4, 0.5) is 0 Å². The molecule has 1 fully saturated rings. The zero-order chi connectivity index (χ0) is 12.5. The van der Waals surface area contributed by atoms with E-state index in [4.69, 9.17) is 0 Å². The highest BCUT2D eigenvalue weighted by Crippen LogP contribution is 2.30. The molecule has 1 unspecified atom stereocenters. The largest absolute Gasteiger partial charge is 0.313 e. The van der Waals surface area contributed by atoms with Gasteiger partial charge in [-0.05, 0) is 38.6 Å². The zero-order valence-corrected chi connectivity index (χ0v) is 12.5. The van der Waals surface area contributed by atoms with Gasteiger partial charge in [-0.15, -0.1) is 0 Å². The monoisotopic (exact) mass is 255 g/mol. The van der Waals surface area contributed by atoms with Crippen LogP contribution in [0.3, 0.4) is 0 Å². The third kappa shape index (κ3) is 6.52. The van der Waals surface area contributed by atoms with Gasteiger partial charge in [-0.2, -0.15) is 11.8 Å². The second-order valence-corrected chi connectivity index (χ2v) is 6.53. The van der Waals surface area contributed by atoms with Crippen LogP contribution in [0.2, 0.25) is 0 Å². The lowest BCUT2D eigenvalue weighted by Gasteiger charge is -2.20. The minimum Gasteiger partial charge on any atom is -0.313 e. The molecular formula is C15H29NS. The quantitative estimate of drug-likeness (QED) is 0.613. The van der Waals surface area contributed by atoms with E-state index in [9.17, 15) is 0 Å². The summed E-state index contributed by atoms with van der Waals surface area (Å²) in [6.45, 7) is 9.75. The zero-order valence-electron chi connectivity index (χ0n) is 11.6. The van der Waals surface area contributed by atoms with E-state index in [0.29, 0.717) is 6.04 Å². The molecule has 0 radical (unpaired) electrons. The molecule has 0 heterocycles. The minimum absolute atomic E-state index is 0.646. The Kier molecular flexibility index (Phi) is 8.04. The van der Waals surface area contributed by atoms with Crippen LogP contribution >= 0.6 is 11.8 Å². The normalized spacial score (nSPS) is 18.5. The molecule has 0 aromatic carbocycles. The molecule has 0 spiro atoms. The van der Waals surface area contributed by atoms with Crippen molar-refractivity contribution in [2.45, 2.75) is 70.1 Å². The predicted octanol–water partition coefficient (Wildman–Crippen LogP) is 4.39. The van der Waals surface area contributed by atoms with Crippen LogP contribution in [0.5, 0.6) is 0 Å². The van der Waals surface area contributed by atoms with Gasteiger partial charge in [0.15, 0.2) is 0 Å².